The third-order valence-electron chi connectivity index (χ3n) is 3.65. The fraction of sp³-hybridized carbons (Fsp3) is 0.500. The van der Waals surface area contributed by atoms with E-state index in [1.165, 1.54) is 12.1 Å². The smallest absolute Gasteiger partial charge is 0.293 e. The van der Waals surface area contributed by atoms with Gasteiger partial charge in [-0.15, -0.1) is 0 Å². The zero-order valence-electron chi connectivity index (χ0n) is 11.4. The van der Waals surface area contributed by atoms with Crippen LogP contribution in [0.5, 0.6) is 0 Å². The molecule has 2 atom stereocenters. The molecule has 0 aliphatic heterocycles. The van der Waals surface area contributed by atoms with E-state index in [9.17, 15) is 18.5 Å². The summed E-state index contributed by atoms with van der Waals surface area (Å²) in [5.74, 6) is 0. The van der Waals surface area contributed by atoms with Gasteiger partial charge >= 0.3 is 0 Å². The minimum atomic E-state index is -3.98. The van der Waals surface area contributed by atoms with E-state index < -0.39 is 14.9 Å². The molecule has 1 aromatic rings. The van der Waals surface area contributed by atoms with Crippen molar-refractivity contribution in [2.24, 2.45) is 10.9 Å². The van der Waals surface area contributed by atoms with Gasteiger partial charge in [-0.25, -0.2) is 13.6 Å². The molecule has 1 fully saturated rings. The van der Waals surface area contributed by atoms with Crippen molar-refractivity contribution >= 4 is 21.4 Å². The first kappa shape index (κ1) is 15.7. The minimum Gasteiger partial charge on any atom is -0.375 e. The molecule has 0 saturated heterocycles. The third-order valence-corrected chi connectivity index (χ3v) is 4.57. The van der Waals surface area contributed by atoms with Crippen molar-refractivity contribution < 1.29 is 13.3 Å². The van der Waals surface area contributed by atoms with Crippen molar-refractivity contribution in [2.75, 3.05) is 5.32 Å². The molecule has 9 heteroatoms. The first-order valence-corrected chi connectivity index (χ1v) is 8.17. The van der Waals surface area contributed by atoms with Gasteiger partial charge in [-0.05, 0) is 25.0 Å². The molecule has 0 heterocycles. The molecular weight excluding hydrogens is 296 g/mol. The molecule has 1 aromatic carbocycles. The zero-order chi connectivity index (χ0) is 15.6. The second-order valence-corrected chi connectivity index (χ2v) is 6.74. The van der Waals surface area contributed by atoms with Gasteiger partial charge in [0.05, 0.1) is 9.82 Å². The van der Waals surface area contributed by atoms with Crippen LogP contribution in [0.3, 0.4) is 0 Å². The molecule has 0 amide bonds. The maximum absolute atomic E-state index is 11.3. The lowest BCUT2D eigenvalue weighted by Gasteiger charge is -2.30. The molecule has 2 unspecified atom stereocenters. The van der Waals surface area contributed by atoms with Crippen molar-refractivity contribution in [3.63, 3.8) is 0 Å². The lowest BCUT2D eigenvalue weighted by Crippen LogP contribution is -2.42. The molecule has 0 spiro atoms. The van der Waals surface area contributed by atoms with Crippen LogP contribution in [0.4, 0.5) is 11.4 Å². The Morgan fingerprint density at radius 1 is 1.29 bits per heavy atom. The predicted octanol–water partition coefficient (Wildman–Crippen LogP) is 0.924. The van der Waals surface area contributed by atoms with E-state index in [0.717, 1.165) is 31.7 Å². The van der Waals surface area contributed by atoms with Crippen LogP contribution in [0.2, 0.25) is 0 Å². The van der Waals surface area contributed by atoms with Crippen molar-refractivity contribution in [2.45, 2.75) is 42.7 Å². The van der Waals surface area contributed by atoms with Gasteiger partial charge in [-0.3, -0.25) is 10.1 Å². The standard InChI is InChI=1S/C12H18N4O4S/c13-9-3-1-2-4-10(9)15-11-6-5-8(21(14,19)20)7-12(11)16(17)18/h5-7,9-10,15H,1-4,13H2,(H2,14,19,20). The molecule has 1 saturated carbocycles. The van der Waals surface area contributed by atoms with E-state index in [0.29, 0.717) is 0 Å². The Bertz CT molecular complexity index is 647. The number of nitro groups is 1. The molecule has 0 bridgehead atoms. The van der Waals surface area contributed by atoms with Crippen LogP contribution in [-0.4, -0.2) is 25.4 Å². The number of primary sulfonamides is 1. The van der Waals surface area contributed by atoms with Crippen molar-refractivity contribution in [3.8, 4) is 0 Å². The number of hydrogen-bond acceptors (Lipinski definition) is 6. The first-order valence-electron chi connectivity index (χ1n) is 6.62. The highest BCUT2D eigenvalue weighted by atomic mass is 32.2. The maximum atomic E-state index is 11.3. The topological polar surface area (TPSA) is 141 Å². The van der Waals surface area contributed by atoms with Crippen LogP contribution < -0.4 is 16.2 Å². The summed E-state index contributed by atoms with van der Waals surface area (Å²) in [5.41, 5.74) is 5.94. The van der Waals surface area contributed by atoms with Crippen molar-refractivity contribution in [3.05, 3.63) is 28.3 Å². The van der Waals surface area contributed by atoms with Gasteiger partial charge in [0.1, 0.15) is 5.69 Å². The summed E-state index contributed by atoms with van der Waals surface area (Å²) in [4.78, 5) is 10.2. The molecule has 21 heavy (non-hydrogen) atoms. The lowest BCUT2D eigenvalue weighted by atomic mass is 9.91. The second kappa shape index (κ2) is 5.96. The highest BCUT2D eigenvalue weighted by molar-refractivity contribution is 7.89. The fourth-order valence-electron chi connectivity index (χ4n) is 2.50. The average molecular weight is 314 g/mol. The lowest BCUT2D eigenvalue weighted by molar-refractivity contribution is -0.384. The summed E-state index contributed by atoms with van der Waals surface area (Å²) in [6, 6.07) is 3.44. The molecule has 8 nitrogen and oxygen atoms in total. The van der Waals surface area contributed by atoms with Gasteiger partial charge in [-0.1, -0.05) is 12.8 Å². The molecule has 1 aliphatic rings. The Balaban J connectivity index is 2.32. The molecule has 5 N–H and O–H groups in total. The normalized spacial score (nSPS) is 22.8. The van der Waals surface area contributed by atoms with Crippen LogP contribution in [0.25, 0.3) is 0 Å². The van der Waals surface area contributed by atoms with E-state index in [-0.39, 0.29) is 28.4 Å². The SMILES string of the molecule is NC1CCCCC1Nc1ccc(S(N)(=O)=O)cc1[N+](=O)[O-]. The second-order valence-electron chi connectivity index (χ2n) is 5.18. The van der Waals surface area contributed by atoms with Gasteiger partial charge in [0.2, 0.25) is 10.0 Å². The Labute approximate surface area is 122 Å². The quantitative estimate of drug-likeness (QED) is 0.557. The van der Waals surface area contributed by atoms with Gasteiger partial charge in [0, 0.05) is 18.2 Å². The van der Waals surface area contributed by atoms with Crippen LogP contribution in [0, 0.1) is 10.1 Å². The number of nitrogens with zero attached hydrogens (tertiary/aromatic N) is 1. The summed E-state index contributed by atoms with van der Waals surface area (Å²) >= 11 is 0. The summed E-state index contributed by atoms with van der Waals surface area (Å²) in [7, 11) is -3.98. The number of benzene rings is 1. The molecular formula is C12H18N4O4S. The van der Waals surface area contributed by atoms with Crippen LogP contribution in [0.15, 0.2) is 23.1 Å². The predicted molar refractivity (Wildman–Crippen MR) is 78.3 cm³/mol. The zero-order valence-corrected chi connectivity index (χ0v) is 12.2. The van der Waals surface area contributed by atoms with Crippen LogP contribution in [0.1, 0.15) is 25.7 Å². The number of sulfonamides is 1. The monoisotopic (exact) mass is 314 g/mol. The van der Waals surface area contributed by atoms with E-state index in [4.69, 9.17) is 10.9 Å². The molecule has 0 aromatic heterocycles. The molecule has 0 radical (unpaired) electrons. The van der Waals surface area contributed by atoms with Crippen LogP contribution in [-0.2, 0) is 10.0 Å². The van der Waals surface area contributed by atoms with Gasteiger partial charge < -0.3 is 11.1 Å². The summed E-state index contributed by atoms with van der Waals surface area (Å²) < 4.78 is 22.6. The summed E-state index contributed by atoms with van der Waals surface area (Å²) in [6.07, 6.45) is 3.75. The van der Waals surface area contributed by atoms with Gasteiger partial charge in [-0.2, -0.15) is 0 Å². The van der Waals surface area contributed by atoms with Crippen LogP contribution >= 0.6 is 0 Å². The Morgan fingerprint density at radius 3 is 2.52 bits per heavy atom. The summed E-state index contributed by atoms with van der Waals surface area (Å²) in [6.45, 7) is 0. The first-order chi connectivity index (χ1) is 9.79. The molecule has 2 rings (SSSR count). The van der Waals surface area contributed by atoms with E-state index in [1.807, 2.05) is 0 Å². The minimum absolute atomic E-state index is 0.0576. The Kier molecular flexibility index (Phi) is 4.45. The van der Waals surface area contributed by atoms with E-state index in [2.05, 4.69) is 5.32 Å². The molecule has 1 aliphatic carbocycles. The van der Waals surface area contributed by atoms with Crippen molar-refractivity contribution in [1.29, 1.82) is 0 Å². The average Bonchev–Trinajstić information content (AvgIpc) is 2.40. The third kappa shape index (κ3) is 3.69. The Hall–Kier alpha value is -1.71. The fourth-order valence-corrected chi connectivity index (χ4v) is 3.03. The van der Waals surface area contributed by atoms with E-state index in [1.54, 1.807) is 0 Å². The Morgan fingerprint density at radius 2 is 1.95 bits per heavy atom. The van der Waals surface area contributed by atoms with Gasteiger partial charge in [0.25, 0.3) is 5.69 Å². The maximum Gasteiger partial charge on any atom is 0.293 e. The largest absolute Gasteiger partial charge is 0.375 e. The summed E-state index contributed by atoms with van der Waals surface area (Å²) in [5, 5.41) is 19.2. The number of nitrogens with two attached hydrogens (primary N) is 2. The van der Waals surface area contributed by atoms with E-state index >= 15 is 0 Å². The number of nitro benzene ring substituents is 1. The van der Waals surface area contributed by atoms with Gasteiger partial charge in [0.15, 0.2) is 0 Å². The van der Waals surface area contributed by atoms with Crippen molar-refractivity contribution in [1.82, 2.24) is 0 Å². The highest BCUT2D eigenvalue weighted by Gasteiger charge is 2.25. The molecule has 116 valence electrons. The number of nitrogens with one attached hydrogen (secondary N) is 1. The number of hydrogen-bond donors (Lipinski definition) is 3. The number of rotatable bonds is 4. The highest BCUT2D eigenvalue weighted by Crippen LogP contribution is 2.30. The number of anilines is 1.